The maximum absolute atomic E-state index is 13.9. The van der Waals surface area contributed by atoms with Crippen LogP contribution in [0.3, 0.4) is 0 Å². The molecule has 0 atom stereocenters. The van der Waals surface area contributed by atoms with Gasteiger partial charge in [0.1, 0.15) is 5.56 Å². The number of anilines is 1. The number of hydrogen-bond donors (Lipinski definition) is 1. The van der Waals surface area contributed by atoms with Crippen LogP contribution >= 0.6 is 11.3 Å². The average Bonchev–Trinajstić information content (AvgIpc) is 3.35. The summed E-state index contributed by atoms with van der Waals surface area (Å²) in [5.41, 5.74) is 0.331. The highest BCUT2D eigenvalue weighted by Gasteiger charge is 2.30. The molecular formula is C22H11F5N2O4S. The SMILES string of the molecule is COc1nc2c(C(=O)Nc3ccsc3)cccc2cc1C(=O)Oc1c(F)c(F)c(F)c(F)c1F. The number of halogens is 5. The minimum atomic E-state index is -2.40. The number of thiophene rings is 1. The molecule has 0 fully saturated rings. The summed E-state index contributed by atoms with van der Waals surface area (Å²) in [6, 6.07) is 7.30. The zero-order valence-electron chi connectivity index (χ0n) is 16.9. The summed E-state index contributed by atoms with van der Waals surface area (Å²) in [6.07, 6.45) is 0. The van der Waals surface area contributed by atoms with Crippen LogP contribution in [-0.2, 0) is 0 Å². The van der Waals surface area contributed by atoms with Crippen LogP contribution in [0, 0.1) is 29.1 Å². The number of rotatable bonds is 5. The summed E-state index contributed by atoms with van der Waals surface area (Å²) in [6.45, 7) is 0. The van der Waals surface area contributed by atoms with Crippen LogP contribution in [0.25, 0.3) is 10.9 Å². The predicted molar refractivity (Wildman–Crippen MR) is 112 cm³/mol. The molecule has 6 nitrogen and oxygen atoms in total. The second kappa shape index (κ2) is 9.06. The number of nitrogens with zero attached hydrogens (tertiary/aromatic N) is 1. The quantitative estimate of drug-likeness (QED) is 0.131. The first kappa shape index (κ1) is 23.1. The molecular weight excluding hydrogens is 483 g/mol. The van der Waals surface area contributed by atoms with Crippen molar-refractivity contribution >= 4 is 39.8 Å². The lowest BCUT2D eigenvalue weighted by Gasteiger charge is -2.12. The van der Waals surface area contributed by atoms with Gasteiger partial charge in [0.2, 0.25) is 40.7 Å². The Morgan fingerprint density at radius 1 is 0.941 bits per heavy atom. The molecule has 0 unspecified atom stereocenters. The van der Waals surface area contributed by atoms with Gasteiger partial charge in [0, 0.05) is 10.8 Å². The van der Waals surface area contributed by atoms with E-state index in [2.05, 4.69) is 15.0 Å². The molecule has 34 heavy (non-hydrogen) atoms. The van der Waals surface area contributed by atoms with E-state index in [1.165, 1.54) is 29.5 Å². The number of carbonyl (C=O) groups excluding carboxylic acids is 2. The number of hydrogen-bond acceptors (Lipinski definition) is 6. The summed E-state index contributed by atoms with van der Waals surface area (Å²) >= 11 is 1.37. The smallest absolute Gasteiger partial charge is 0.349 e. The molecule has 2 heterocycles. The van der Waals surface area contributed by atoms with Gasteiger partial charge in [-0.1, -0.05) is 12.1 Å². The third kappa shape index (κ3) is 4.03. The molecule has 0 bridgehead atoms. The minimum Gasteiger partial charge on any atom is -0.480 e. The van der Waals surface area contributed by atoms with Gasteiger partial charge in [-0.25, -0.2) is 22.9 Å². The molecule has 0 saturated carbocycles. The van der Waals surface area contributed by atoms with Crippen LogP contribution in [-0.4, -0.2) is 24.0 Å². The number of benzene rings is 2. The Balaban J connectivity index is 1.74. The van der Waals surface area contributed by atoms with Gasteiger partial charge in [-0.3, -0.25) is 4.79 Å². The zero-order chi connectivity index (χ0) is 24.6. The molecule has 2 aromatic carbocycles. The fourth-order valence-electron chi connectivity index (χ4n) is 3.02. The molecule has 1 amide bonds. The van der Waals surface area contributed by atoms with E-state index in [1.807, 2.05) is 0 Å². The lowest BCUT2D eigenvalue weighted by atomic mass is 10.1. The summed E-state index contributed by atoms with van der Waals surface area (Å²) in [5, 5.41) is 6.40. The Kier molecular flexibility index (Phi) is 6.16. The number of nitrogens with one attached hydrogen (secondary N) is 1. The van der Waals surface area contributed by atoms with Gasteiger partial charge in [-0.15, -0.1) is 0 Å². The van der Waals surface area contributed by atoms with Crippen LogP contribution < -0.4 is 14.8 Å². The van der Waals surface area contributed by atoms with Crippen molar-refractivity contribution < 1.29 is 41.0 Å². The molecule has 174 valence electrons. The Labute approximate surface area is 191 Å². The van der Waals surface area contributed by atoms with Gasteiger partial charge >= 0.3 is 5.97 Å². The van der Waals surface area contributed by atoms with Gasteiger partial charge in [0.05, 0.1) is 23.9 Å². The van der Waals surface area contributed by atoms with E-state index in [0.29, 0.717) is 5.69 Å². The van der Waals surface area contributed by atoms with Gasteiger partial charge in [0.25, 0.3) is 5.91 Å². The van der Waals surface area contributed by atoms with Crippen molar-refractivity contribution in [3.8, 4) is 11.6 Å². The number of pyridine rings is 1. The van der Waals surface area contributed by atoms with E-state index in [1.54, 1.807) is 16.8 Å². The molecule has 4 aromatic rings. The Hall–Kier alpha value is -4.06. The summed E-state index contributed by atoms with van der Waals surface area (Å²) in [7, 11) is 1.12. The molecule has 0 aliphatic carbocycles. The van der Waals surface area contributed by atoms with Crippen molar-refractivity contribution in [3.05, 3.63) is 81.3 Å². The monoisotopic (exact) mass is 494 g/mol. The fourth-order valence-corrected chi connectivity index (χ4v) is 3.61. The zero-order valence-corrected chi connectivity index (χ0v) is 17.7. The first-order chi connectivity index (χ1) is 16.2. The van der Waals surface area contributed by atoms with E-state index in [0.717, 1.165) is 13.2 Å². The first-order valence-electron chi connectivity index (χ1n) is 9.27. The molecule has 0 aliphatic rings. The number of carbonyl (C=O) groups is 2. The number of fused-ring (bicyclic) bond motifs is 1. The van der Waals surface area contributed by atoms with E-state index in [9.17, 15) is 31.5 Å². The van der Waals surface area contributed by atoms with Crippen molar-refractivity contribution in [1.82, 2.24) is 4.98 Å². The van der Waals surface area contributed by atoms with Crippen molar-refractivity contribution in [3.63, 3.8) is 0 Å². The van der Waals surface area contributed by atoms with Gasteiger partial charge in [0.15, 0.2) is 0 Å². The maximum Gasteiger partial charge on any atom is 0.349 e. The third-order valence-electron chi connectivity index (χ3n) is 4.61. The highest BCUT2D eigenvalue weighted by atomic mass is 32.1. The van der Waals surface area contributed by atoms with Gasteiger partial charge < -0.3 is 14.8 Å². The second-order valence-corrected chi connectivity index (χ2v) is 7.46. The van der Waals surface area contributed by atoms with Crippen molar-refractivity contribution in [2.24, 2.45) is 0 Å². The van der Waals surface area contributed by atoms with Crippen LogP contribution in [0.15, 0.2) is 41.1 Å². The molecule has 0 aliphatic heterocycles. The molecule has 0 radical (unpaired) electrons. The number of esters is 1. The number of aromatic nitrogens is 1. The lowest BCUT2D eigenvalue weighted by molar-refractivity contribution is 0.0711. The first-order valence-corrected chi connectivity index (χ1v) is 10.2. The van der Waals surface area contributed by atoms with Crippen LogP contribution in [0.1, 0.15) is 20.7 Å². The van der Waals surface area contributed by atoms with Crippen molar-refractivity contribution in [2.45, 2.75) is 0 Å². The highest BCUT2D eigenvalue weighted by molar-refractivity contribution is 7.08. The van der Waals surface area contributed by atoms with E-state index in [4.69, 9.17) is 4.74 Å². The molecule has 1 N–H and O–H groups in total. The van der Waals surface area contributed by atoms with E-state index in [-0.39, 0.29) is 16.5 Å². The van der Waals surface area contributed by atoms with Crippen LogP contribution in [0.2, 0.25) is 0 Å². The number of ether oxygens (including phenoxy) is 2. The largest absolute Gasteiger partial charge is 0.480 e. The topological polar surface area (TPSA) is 77.5 Å². The van der Waals surface area contributed by atoms with Gasteiger partial charge in [-0.05, 0) is 23.6 Å². The van der Waals surface area contributed by atoms with Gasteiger partial charge in [-0.2, -0.15) is 20.1 Å². The number of methoxy groups -OCH3 is 1. The molecule has 0 spiro atoms. The Bertz CT molecular complexity index is 1410. The lowest BCUT2D eigenvalue weighted by Crippen LogP contribution is -2.16. The van der Waals surface area contributed by atoms with Crippen molar-refractivity contribution in [2.75, 3.05) is 12.4 Å². The second-order valence-electron chi connectivity index (χ2n) is 6.68. The van der Waals surface area contributed by atoms with E-state index < -0.39 is 58.2 Å². The van der Waals surface area contributed by atoms with Crippen LogP contribution in [0.4, 0.5) is 27.6 Å². The third-order valence-corrected chi connectivity index (χ3v) is 5.30. The molecule has 0 saturated heterocycles. The number of amides is 1. The molecule has 2 aromatic heterocycles. The standard InChI is InChI=1S/C22H11F5N2O4S/c1-32-21-12(22(31)33-19-16(26)14(24)13(23)15(25)17(19)27)7-9-3-2-4-11(18(9)29-21)20(30)28-10-5-6-34-8-10/h2-8H,1H3,(H,28,30). The Morgan fingerprint density at radius 3 is 2.24 bits per heavy atom. The van der Waals surface area contributed by atoms with Crippen LogP contribution in [0.5, 0.6) is 11.6 Å². The summed E-state index contributed by atoms with van der Waals surface area (Å²) in [4.78, 5) is 29.4. The predicted octanol–water partition coefficient (Wildman–Crippen LogP) is 5.47. The highest BCUT2D eigenvalue weighted by Crippen LogP contribution is 2.31. The Morgan fingerprint density at radius 2 is 1.62 bits per heavy atom. The normalized spacial score (nSPS) is 10.9. The summed E-state index contributed by atoms with van der Waals surface area (Å²) < 4.78 is 77.5. The van der Waals surface area contributed by atoms with E-state index >= 15 is 0 Å². The minimum absolute atomic E-state index is 0.125. The molecule has 4 rings (SSSR count). The number of para-hydroxylation sites is 1. The maximum atomic E-state index is 13.9. The summed E-state index contributed by atoms with van der Waals surface area (Å²) in [5.74, 6) is -15.7. The van der Waals surface area contributed by atoms with Crippen molar-refractivity contribution in [1.29, 1.82) is 0 Å². The average molecular weight is 494 g/mol. The fraction of sp³-hybridized carbons (Fsp3) is 0.0455. The molecule has 12 heteroatoms.